The molecule has 0 aromatic heterocycles. The maximum Gasteiger partial charge on any atom is 0.231 e. The molecular weight excluding hydrogens is 228 g/mol. The van der Waals surface area contributed by atoms with Crippen molar-refractivity contribution in [2.45, 2.75) is 32.8 Å². The average molecular weight is 243 g/mol. The molecule has 2 rings (SSSR count). The Kier molecular flexibility index (Phi) is 3.26. The van der Waals surface area contributed by atoms with Gasteiger partial charge in [0, 0.05) is 5.56 Å². The van der Waals surface area contributed by atoms with Gasteiger partial charge in [-0.3, -0.25) is 0 Å². The van der Waals surface area contributed by atoms with Crippen molar-refractivity contribution in [3.05, 3.63) is 22.2 Å². The van der Waals surface area contributed by atoms with E-state index in [9.17, 15) is 5.11 Å². The first-order valence-corrected chi connectivity index (χ1v) is 5.79. The van der Waals surface area contributed by atoms with E-state index >= 15 is 0 Å². The van der Waals surface area contributed by atoms with Gasteiger partial charge in [-0.25, -0.2) is 0 Å². The third-order valence-electron chi connectivity index (χ3n) is 2.66. The minimum atomic E-state index is -0.387. The monoisotopic (exact) mass is 242 g/mol. The maximum atomic E-state index is 9.45. The number of ether oxygens (including phenoxy) is 2. The topological polar surface area (TPSA) is 38.7 Å². The fourth-order valence-electron chi connectivity index (χ4n) is 2.02. The van der Waals surface area contributed by atoms with Crippen LogP contribution in [-0.2, 0) is 12.8 Å². The van der Waals surface area contributed by atoms with Crippen LogP contribution < -0.4 is 9.47 Å². The van der Waals surface area contributed by atoms with Crippen molar-refractivity contribution in [2.75, 3.05) is 6.79 Å². The minimum absolute atomic E-state index is 0.222. The van der Waals surface area contributed by atoms with Crippen LogP contribution in [0.2, 0.25) is 5.02 Å². The third-order valence-corrected chi connectivity index (χ3v) is 2.94. The van der Waals surface area contributed by atoms with Crippen LogP contribution in [0.4, 0.5) is 0 Å². The van der Waals surface area contributed by atoms with Crippen molar-refractivity contribution in [1.82, 2.24) is 0 Å². The first-order valence-electron chi connectivity index (χ1n) is 5.41. The molecule has 1 aliphatic rings. The van der Waals surface area contributed by atoms with Crippen LogP contribution in [0.15, 0.2) is 6.07 Å². The number of rotatable bonds is 3. The molecule has 1 aliphatic heterocycles. The van der Waals surface area contributed by atoms with E-state index in [0.29, 0.717) is 17.2 Å². The van der Waals surface area contributed by atoms with Gasteiger partial charge >= 0.3 is 0 Å². The van der Waals surface area contributed by atoms with Gasteiger partial charge in [-0.2, -0.15) is 0 Å². The van der Waals surface area contributed by atoms with Crippen molar-refractivity contribution < 1.29 is 14.6 Å². The maximum absolute atomic E-state index is 9.45. The normalized spacial score (nSPS) is 15.2. The lowest BCUT2D eigenvalue weighted by Crippen LogP contribution is -2.07. The highest BCUT2D eigenvalue weighted by atomic mass is 35.5. The lowest BCUT2D eigenvalue weighted by atomic mass is 9.98. The van der Waals surface area contributed by atoms with Crippen molar-refractivity contribution in [2.24, 2.45) is 0 Å². The standard InChI is InChI=1S/C12H15ClO3/c1-3-9-8(4-7(2)14)5-10(13)12-11(9)15-6-16-12/h5,7,14H,3-4,6H2,1-2H3. The second-order valence-electron chi connectivity index (χ2n) is 3.97. The summed E-state index contributed by atoms with van der Waals surface area (Å²) in [6.07, 6.45) is 1.03. The number of hydrogen-bond donors (Lipinski definition) is 1. The SMILES string of the molecule is CCc1c(CC(C)O)cc(Cl)c2c1OCO2. The van der Waals surface area contributed by atoms with E-state index in [-0.39, 0.29) is 12.9 Å². The number of hydrogen-bond acceptors (Lipinski definition) is 3. The van der Waals surface area contributed by atoms with Gasteiger partial charge in [0.05, 0.1) is 11.1 Å². The summed E-state index contributed by atoms with van der Waals surface area (Å²) >= 11 is 6.10. The number of fused-ring (bicyclic) bond motifs is 1. The summed E-state index contributed by atoms with van der Waals surface area (Å²) in [5.74, 6) is 1.37. The van der Waals surface area contributed by atoms with Gasteiger partial charge in [0.1, 0.15) is 0 Å². The van der Waals surface area contributed by atoms with Crippen LogP contribution in [-0.4, -0.2) is 18.0 Å². The summed E-state index contributed by atoms with van der Waals surface area (Å²) in [6.45, 7) is 4.04. The van der Waals surface area contributed by atoms with Gasteiger partial charge in [0.25, 0.3) is 0 Å². The zero-order valence-corrected chi connectivity index (χ0v) is 10.2. The molecule has 88 valence electrons. The van der Waals surface area contributed by atoms with E-state index in [1.54, 1.807) is 6.92 Å². The molecule has 0 fully saturated rings. The molecule has 0 radical (unpaired) electrons. The van der Waals surface area contributed by atoms with Crippen LogP contribution in [0.1, 0.15) is 25.0 Å². The number of halogens is 1. The lowest BCUT2D eigenvalue weighted by molar-refractivity contribution is 0.173. The molecule has 3 nitrogen and oxygen atoms in total. The molecule has 1 N–H and O–H groups in total. The molecule has 0 amide bonds. The number of aliphatic hydroxyl groups is 1. The Labute approximate surface area is 99.9 Å². The van der Waals surface area contributed by atoms with Crippen LogP contribution in [0.5, 0.6) is 11.5 Å². The Morgan fingerprint density at radius 1 is 1.44 bits per heavy atom. The fourth-order valence-corrected chi connectivity index (χ4v) is 2.29. The van der Waals surface area contributed by atoms with Gasteiger partial charge in [0.15, 0.2) is 11.5 Å². The minimum Gasteiger partial charge on any atom is -0.453 e. The van der Waals surface area contributed by atoms with E-state index in [2.05, 4.69) is 6.92 Å². The highest BCUT2D eigenvalue weighted by Crippen LogP contribution is 2.43. The van der Waals surface area contributed by atoms with Crippen LogP contribution in [0, 0.1) is 0 Å². The van der Waals surface area contributed by atoms with E-state index in [0.717, 1.165) is 23.3 Å². The average Bonchev–Trinajstić information content (AvgIpc) is 2.66. The van der Waals surface area contributed by atoms with Gasteiger partial charge in [-0.1, -0.05) is 18.5 Å². The molecule has 0 saturated heterocycles. The van der Waals surface area contributed by atoms with Crippen LogP contribution >= 0.6 is 11.6 Å². The molecule has 1 atom stereocenters. The van der Waals surface area contributed by atoms with E-state index < -0.39 is 0 Å². The molecule has 1 aromatic carbocycles. The molecule has 1 aromatic rings. The highest BCUT2D eigenvalue weighted by molar-refractivity contribution is 6.32. The Balaban J connectivity index is 2.49. The summed E-state index contributed by atoms with van der Waals surface area (Å²) in [5.41, 5.74) is 2.12. The first-order chi connectivity index (χ1) is 7.63. The summed E-state index contributed by atoms with van der Waals surface area (Å²) < 4.78 is 10.8. The van der Waals surface area contributed by atoms with E-state index in [4.69, 9.17) is 21.1 Å². The summed E-state index contributed by atoms with van der Waals surface area (Å²) in [5, 5.41) is 10.0. The highest BCUT2D eigenvalue weighted by Gasteiger charge is 2.23. The lowest BCUT2D eigenvalue weighted by Gasteiger charge is -2.13. The summed E-state index contributed by atoms with van der Waals surface area (Å²) in [4.78, 5) is 0. The van der Waals surface area contributed by atoms with Gasteiger partial charge in [-0.15, -0.1) is 0 Å². The number of aliphatic hydroxyl groups excluding tert-OH is 1. The van der Waals surface area contributed by atoms with Crippen molar-refractivity contribution >= 4 is 11.6 Å². The quantitative estimate of drug-likeness (QED) is 0.885. The predicted octanol–water partition coefficient (Wildman–Crippen LogP) is 2.55. The molecule has 4 heteroatoms. The molecule has 1 unspecified atom stereocenters. The first kappa shape index (κ1) is 11.6. The molecule has 1 heterocycles. The van der Waals surface area contributed by atoms with Crippen LogP contribution in [0.3, 0.4) is 0 Å². The Morgan fingerprint density at radius 2 is 2.12 bits per heavy atom. The molecule has 0 bridgehead atoms. The van der Waals surface area contributed by atoms with Gasteiger partial charge in [-0.05, 0) is 31.4 Å². The van der Waals surface area contributed by atoms with Crippen molar-refractivity contribution in [3.63, 3.8) is 0 Å². The zero-order chi connectivity index (χ0) is 11.7. The molecule has 16 heavy (non-hydrogen) atoms. The Bertz CT molecular complexity index is 402. The largest absolute Gasteiger partial charge is 0.453 e. The second-order valence-corrected chi connectivity index (χ2v) is 4.37. The number of benzene rings is 1. The Hall–Kier alpha value is -0.930. The summed E-state index contributed by atoms with van der Waals surface area (Å²) in [7, 11) is 0. The molecule has 0 saturated carbocycles. The fraction of sp³-hybridized carbons (Fsp3) is 0.500. The van der Waals surface area contributed by atoms with Crippen LogP contribution in [0.25, 0.3) is 0 Å². The Morgan fingerprint density at radius 3 is 2.75 bits per heavy atom. The van der Waals surface area contributed by atoms with Gasteiger partial charge < -0.3 is 14.6 Å². The molecular formula is C12H15ClO3. The van der Waals surface area contributed by atoms with E-state index in [1.807, 2.05) is 6.07 Å². The van der Waals surface area contributed by atoms with Gasteiger partial charge in [0.2, 0.25) is 6.79 Å². The second kappa shape index (κ2) is 4.52. The third kappa shape index (κ3) is 1.97. The van der Waals surface area contributed by atoms with Crippen molar-refractivity contribution in [1.29, 1.82) is 0 Å². The van der Waals surface area contributed by atoms with Crippen molar-refractivity contribution in [3.8, 4) is 11.5 Å². The summed E-state index contributed by atoms with van der Waals surface area (Å²) in [6, 6.07) is 1.86. The van der Waals surface area contributed by atoms with E-state index in [1.165, 1.54) is 0 Å². The predicted molar refractivity (Wildman–Crippen MR) is 62.3 cm³/mol. The zero-order valence-electron chi connectivity index (χ0n) is 9.42. The molecule has 0 aliphatic carbocycles. The smallest absolute Gasteiger partial charge is 0.231 e. The molecule has 0 spiro atoms.